The van der Waals surface area contributed by atoms with Crippen molar-refractivity contribution < 1.29 is 19.2 Å². The van der Waals surface area contributed by atoms with Gasteiger partial charge in [-0.3, -0.25) is 34.1 Å². The van der Waals surface area contributed by atoms with Crippen LogP contribution in [-0.2, 0) is 23.2 Å². The highest BCUT2D eigenvalue weighted by Crippen LogP contribution is 2.32. The van der Waals surface area contributed by atoms with E-state index in [0.717, 1.165) is 4.90 Å². The Bertz CT molecular complexity index is 982. The molecule has 1 saturated heterocycles. The first kappa shape index (κ1) is 16.9. The smallest absolute Gasteiger partial charge is 0.264 e. The number of aromatic nitrogens is 3. The zero-order valence-corrected chi connectivity index (χ0v) is 14.4. The Morgan fingerprint density at radius 1 is 1.22 bits per heavy atom. The van der Waals surface area contributed by atoms with Crippen molar-refractivity contribution in [3.8, 4) is 0 Å². The summed E-state index contributed by atoms with van der Waals surface area (Å²) >= 11 is 0. The number of nitrogens with zero attached hydrogens (tertiary/aromatic N) is 4. The molecule has 1 aromatic heterocycles. The van der Waals surface area contributed by atoms with Crippen molar-refractivity contribution in [1.29, 1.82) is 0 Å². The van der Waals surface area contributed by atoms with Crippen LogP contribution in [-0.4, -0.2) is 49.6 Å². The van der Waals surface area contributed by atoms with Crippen molar-refractivity contribution in [2.75, 3.05) is 5.32 Å². The number of carbonyl (C=O) groups excluding carboxylic acids is 4. The molecule has 2 aliphatic rings. The van der Waals surface area contributed by atoms with Crippen LogP contribution in [0.1, 0.15) is 39.3 Å². The maximum Gasteiger partial charge on any atom is 0.264 e. The van der Waals surface area contributed by atoms with Crippen molar-refractivity contribution in [2.45, 2.75) is 25.4 Å². The molecule has 10 heteroatoms. The Morgan fingerprint density at radius 3 is 2.74 bits per heavy atom. The summed E-state index contributed by atoms with van der Waals surface area (Å²) in [6.45, 7) is 0.324. The molecule has 3 heterocycles. The molecule has 0 saturated carbocycles. The third-order valence-corrected chi connectivity index (χ3v) is 4.58. The van der Waals surface area contributed by atoms with Gasteiger partial charge in [-0.05, 0) is 18.6 Å². The molecule has 1 aromatic carbocycles. The van der Waals surface area contributed by atoms with E-state index in [-0.39, 0.29) is 24.0 Å². The van der Waals surface area contributed by atoms with E-state index in [9.17, 15) is 19.2 Å². The minimum absolute atomic E-state index is 0.0849. The van der Waals surface area contributed by atoms with Crippen LogP contribution < -0.4 is 10.6 Å². The molecular formula is C17H16N6O4. The van der Waals surface area contributed by atoms with Crippen LogP contribution >= 0.6 is 0 Å². The molecular weight excluding hydrogens is 352 g/mol. The number of imide groups is 2. The van der Waals surface area contributed by atoms with Crippen molar-refractivity contribution >= 4 is 29.3 Å². The lowest BCUT2D eigenvalue weighted by molar-refractivity contribution is -0.136. The first-order chi connectivity index (χ1) is 13.0. The zero-order chi connectivity index (χ0) is 19.1. The predicted molar refractivity (Wildman–Crippen MR) is 91.4 cm³/mol. The molecule has 4 rings (SSSR count). The number of nitrogens with one attached hydrogen (secondary N) is 2. The summed E-state index contributed by atoms with van der Waals surface area (Å²) in [6.07, 6.45) is 1.94. The number of amides is 4. The highest BCUT2D eigenvalue weighted by molar-refractivity contribution is 6.25. The quantitative estimate of drug-likeness (QED) is 0.717. The fraction of sp³-hybridized carbons (Fsp3) is 0.294. The monoisotopic (exact) mass is 368 g/mol. The molecule has 0 bridgehead atoms. The van der Waals surface area contributed by atoms with Gasteiger partial charge in [-0.1, -0.05) is 11.3 Å². The Morgan fingerprint density at radius 2 is 2.04 bits per heavy atom. The molecule has 0 spiro atoms. The molecule has 2 N–H and O–H groups in total. The van der Waals surface area contributed by atoms with E-state index < -0.39 is 29.7 Å². The largest absolute Gasteiger partial charge is 0.379 e. The molecule has 27 heavy (non-hydrogen) atoms. The van der Waals surface area contributed by atoms with Gasteiger partial charge in [0, 0.05) is 25.4 Å². The van der Waals surface area contributed by atoms with E-state index in [4.69, 9.17) is 0 Å². The van der Waals surface area contributed by atoms with E-state index in [1.54, 1.807) is 36.1 Å². The molecule has 2 aliphatic heterocycles. The number of rotatable bonds is 4. The van der Waals surface area contributed by atoms with E-state index in [0.29, 0.717) is 17.9 Å². The number of piperidine rings is 1. The highest BCUT2D eigenvalue weighted by Gasteiger charge is 2.45. The third-order valence-electron chi connectivity index (χ3n) is 4.58. The molecule has 0 aliphatic carbocycles. The summed E-state index contributed by atoms with van der Waals surface area (Å²) in [5.41, 5.74) is 1.60. The van der Waals surface area contributed by atoms with Gasteiger partial charge in [0.05, 0.1) is 17.7 Å². The highest BCUT2D eigenvalue weighted by atomic mass is 16.2. The van der Waals surface area contributed by atoms with Crippen LogP contribution in [0.25, 0.3) is 0 Å². The molecule has 2 aromatic rings. The Hall–Kier alpha value is -3.56. The van der Waals surface area contributed by atoms with Gasteiger partial charge in [0.25, 0.3) is 11.8 Å². The van der Waals surface area contributed by atoms with Gasteiger partial charge in [0.15, 0.2) is 0 Å². The Kier molecular flexibility index (Phi) is 3.94. The van der Waals surface area contributed by atoms with Gasteiger partial charge in [0.2, 0.25) is 11.8 Å². The minimum atomic E-state index is -0.983. The second-order valence-electron chi connectivity index (χ2n) is 6.41. The summed E-state index contributed by atoms with van der Waals surface area (Å²) in [5, 5.41) is 13.1. The van der Waals surface area contributed by atoms with Crippen molar-refractivity contribution in [3.63, 3.8) is 0 Å². The number of benzene rings is 1. The lowest BCUT2D eigenvalue weighted by atomic mass is 10.0. The fourth-order valence-corrected chi connectivity index (χ4v) is 3.32. The van der Waals surface area contributed by atoms with Gasteiger partial charge in [-0.25, -0.2) is 0 Å². The van der Waals surface area contributed by atoms with Gasteiger partial charge >= 0.3 is 0 Å². The molecule has 1 fully saturated rings. The van der Waals surface area contributed by atoms with Crippen LogP contribution in [0.2, 0.25) is 0 Å². The molecule has 0 radical (unpaired) electrons. The van der Waals surface area contributed by atoms with E-state index >= 15 is 0 Å². The maximum absolute atomic E-state index is 12.9. The lowest BCUT2D eigenvalue weighted by Gasteiger charge is -2.27. The van der Waals surface area contributed by atoms with E-state index in [1.165, 1.54) is 0 Å². The minimum Gasteiger partial charge on any atom is -0.379 e. The molecule has 4 amide bonds. The van der Waals surface area contributed by atoms with Crippen molar-refractivity contribution in [1.82, 2.24) is 25.2 Å². The SMILES string of the molecule is Cn1cc(CNc2cccc3c2C(=O)N(C2CCC(=O)NC2=O)C3=O)nn1. The van der Waals surface area contributed by atoms with Crippen molar-refractivity contribution in [2.24, 2.45) is 7.05 Å². The first-order valence-corrected chi connectivity index (χ1v) is 8.39. The normalized spacial score (nSPS) is 19.3. The van der Waals surface area contributed by atoms with E-state index in [1.807, 2.05) is 0 Å². The number of anilines is 1. The topological polar surface area (TPSA) is 126 Å². The number of hydrogen-bond acceptors (Lipinski definition) is 7. The zero-order valence-electron chi connectivity index (χ0n) is 14.4. The number of hydrogen-bond donors (Lipinski definition) is 2. The van der Waals surface area contributed by atoms with E-state index in [2.05, 4.69) is 20.9 Å². The van der Waals surface area contributed by atoms with Crippen LogP contribution in [0.4, 0.5) is 5.69 Å². The Labute approximate surface area is 153 Å². The van der Waals surface area contributed by atoms with Crippen molar-refractivity contribution in [3.05, 3.63) is 41.2 Å². The molecule has 1 unspecified atom stereocenters. The van der Waals surface area contributed by atoms with Gasteiger partial charge in [-0.2, -0.15) is 0 Å². The van der Waals surface area contributed by atoms with Gasteiger partial charge in [-0.15, -0.1) is 5.10 Å². The van der Waals surface area contributed by atoms with Crippen LogP contribution in [0.15, 0.2) is 24.4 Å². The fourth-order valence-electron chi connectivity index (χ4n) is 3.32. The average molecular weight is 368 g/mol. The lowest BCUT2D eigenvalue weighted by Crippen LogP contribution is -2.54. The molecule has 138 valence electrons. The summed E-state index contributed by atoms with van der Waals surface area (Å²) < 4.78 is 1.56. The summed E-state index contributed by atoms with van der Waals surface area (Å²) in [6, 6.07) is 3.92. The van der Waals surface area contributed by atoms with Crippen LogP contribution in [0.3, 0.4) is 0 Å². The van der Waals surface area contributed by atoms with Crippen LogP contribution in [0.5, 0.6) is 0 Å². The second-order valence-corrected chi connectivity index (χ2v) is 6.41. The predicted octanol–water partition coefficient (Wildman–Crippen LogP) is -0.172. The molecule has 1 atom stereocenters. The second kappa shape index (κ2) is 6.31. The summed E-state index contributed by atoms with van der Waals surface area (Å²) in [4.78, 5) is 50.1. The summed E-state index contributed by atoms with van der Waals surface area (Å²) in [7, 11) is 1.75. The standard InChI is InChI=1S/C17H16N6O4/c1-22-8-9(20-21-22)7-18-11-4-2-3-10-14(11)17(27)23(16(10)26)12-5-6-13(24)19-15(12)25/h2-4,8,12,18H,5-7H2,1H3,(H,19,24,25). The average Bonchev–Trinajstić information content (AvgIpc) is 3.16. The van der Waals surface area contributed by atoms with Gasteiger partial charge < -0.3 is 5.32 Å². The maximum atomic E-state index is 12.9. The first-order valence-electron chi connectivity index (χ1n) is 8.39. The van der Waals surface area contributed by atoms with Crippen LogP contribution in [0, 0.1) is 0 Å². The Balaban J connectivity index is 1.61. The number of aryl methyl sites for hydroxylation is 1. The van der Waals surface area contributed by atoms with Gasteiger partial charge in [0.1, 0.15) is 11.7 Å². The number of carbonyl (C=O) groups is 4. The third kappa shape index (κ3) is 2.84. The molecule has 10 nitrogen and oxygen atoms in total. The number of fused-ring (bicyclic) bond motifs is 1. The summed E-state index contributed by atoms with van der Waals surface area (Å²) in [5.74, 6) is -2.12.